The molecule has 0 atom stereocenters. The second kappa shape index (κ2) is 5.92. The van der Waals surface area contributed by atoms with Gasteiger partial charge in [0.05, 0.1) is 11.6 Å². The van der Waals surface area contributed by atoms with Crippen LogP contribution in [0.2, 0.25) is 0 Å². The molecular formula is C14H16N4OS. The van der Waals surface area contributed by atoms with Crippen molar-refractivity contribution >= 4 is 33.3 Å². The summed E-state index contributed by atoms with van der Waals surface area (Å²) in [6, 6.07) is 5.93. The van der Waals surface area contributed by atoms with Crippen molar-refractivity contribution in [2.75, 3.05) is 23.7 Å². The third kappa shape index (κ3) is 2.75. The lowest BCUT2D eigenvalue weighted by molar-refractivity contribution is 0.513. The van der Waals surface area contributed by atoms with Crippen LogP contribution < -0.4 is 10.6 Å². The molecule has 0 aliphatic heterocycles. The Morgan fingerprint density at radius 1 is 1.25 bits per heavy atom. The number of rotatable bonds is 6. The van der Waals surface area contributed by atoms with E-state index in [4.69, 9.17) is 4.42 Å². The topological polar surface area (TPSA) is 63.0 Å². The van der Waals surface area contributed by atoms with Gasteiger partial charge in [0.1, 0.15) is 16.4 Å². The highest BCUT2D eigenvalue weighted by atomic mass is 32.1. The molecule has 0 amide bonds. The van der Waals surface area contributed by atoms with E-state index < -0.39 is 0 Å². The smallest absolute Gasteiger partial charge is 0.226 e. The van der Waals surface area contributed by atoms with Crippen LogP contribution in [0, 0.1) is 0 Å². The first-order valence-corrected chi connectivity index (χ1v) is 7.50. The largest absolute Gasteiger partial charge is 0.469 e. The molecule has 3 heterocycles. The zero-order chi connectivity index (χ0) is 13.8. The van der Waals surface area contributed by atoms with E-state index in [0.29, 0.717) is 5.95 Å². The van der Waals surface area contributed by atoms with E-state index in [-0.39, 0.29) is 0 Å². The summed E-state index contributed by atoms with van der Waals surface area (Å²) in [6.07, 6.45) is 2.53. The van der Waals surface area contributed by atoms with Gasteiger partial charge in [-0.05, 0) is 30.5 Å². The number of nitrogens with zero attached hydrogens (tertiary/aromatic N) is 2. The fourth-order valence-electron chi connectivity index (χ4n) is 1.99. The van der Waals surface area contributed by atoms with Gasteiger partial charge >= 0.3 is 0 Å². The SMILES string of the molecule is CCNc1nc(NCCc2ccco2)c2ccsc2n1. The lowest BCUT2D eigenvalue weighted by atomic mass is 10.3. The normalized spacial score (nSPS) is 10.8. The fourth-order valence-corrected chi connectivity index (χ4v) is 2.75. The van der Waals surface area contributed by atoms with Gasteiger partial charge in [0.15, 0.2) is 0 Å². The Morgan fingerprint density at radius 3 is 3.00 bits per heavy atom. The predicted octanol–water partition coefficient (Wildman–Crippen LogP) is 3.37. The molecule has 104 valence electrons. The molecule has 5 nitrogen and oxygen atoms in total. The summed E-state index contributed by atoms with van der Waals surface area (Å²) in [6.45, 7) is 3.62. The molecule has 0 spiro atoms. The Balaban J connectivity index is 1.76. The molecule has 0 fully saturated rings. The summed E-state index contributed by atoms with van der Waals surface area (Å²) in [5.41, 5.74) is 0. The first-order chi connectivity index (χ1) is 9.86. The second-order valence-corrected chi connectivity index (χ2v) is 5.22. The zero-order valence-corrected chi connectivity index (χ0v) is 12.0. The average Bonchev–Trinajstić information content (AvgIpc) is 3.09. The minimum atomic E-state index is 0.669. The number of hydrogen-bond acceptors (Lipinski definition) is 6. The van der Waals surface area contributed by atoms with Crippen LogP contribution in [0.15, 0.2) is 34.3 Å². The molecule has 0 aliphatic carbocycles. The van der Waals surface area contributed by atoms with Crippen LogP contribution in [-0.2, 0) is 6.42 Å². The van der Waals surface area contributed by atoms with Gasteiger partial charge in [-0.1, -0.05) is 0 Å². The van der Waals surface area contributed by atoms with Crippen molar-refractivity contribution in [1.29, 1.82) is 0 Å². The molecule has 20 heavy (non-hydrogen) atoms. The van der Waals surface area contributed by atoms with Crippen molar-refractivity contribution in [2.24, 2.45) is 0 Å². The zero-order valence-electron chi connectivity index (χ0n) is 11.2. The van der Waals surface area contributed by atoms with Crippen molar-refractivity contribution in [3.05, 3.63) is 35.6 Å². The second-order valence-electron chi connectivity index (χ2n) is 4.32. The molecule has 0 bridgehead atoms. The number of hydrogen-bond donors (Lipinski definition) is 2. The van der Waals surface area contributed by atoms with E-state index in [9.17, 15) is 0 Å². The average molecular weight is 288 g/mol. The molecule has 0 saturated heterocycles. The maximum absolute atomic E-state index is 5.32. The van der Waals surface area contributed by atoms with Crippen LogP contribution in [0.3, 0.4) is 0 Å². The first kappa shape index (κ1) is 12.9. The van der Waals surface area contributed by atoms with Gasteiger partial charge in [-0.3, -0.25) is 0 Å². The van der Waals surface area contributed by atoms with Crippen molar-refractivity contribution in [3.8, 4) is 0 Å². The Bertz CT molecular complexity index is 678. The van der Waals surface area contributed by atoms with Crippen molar-refractivity contribution in [2.45, 2.75) is 13.3 Å². The van der Waals surface area contributed by atoms with Crippen molar-refractivity contribution in [1.82, 2.24) is 9.97 Å². The minimum Gasteiger partial charge on any atom is -0.469 e. The van der Waals surface area contributed by atoms with Crippen LogP contribution >= 0.6 is 11.3 Å². The van der Waals surface area contributed by atoms with E-state index in [1.54, 1.807) is 17.6 Å². The minimum absolute atomic E-state index is 0.669. The molecule has 2 N–H and O–H groups in total. The van der Waals surface area contributed by atoms with Gasteiger partial charge in [-0.25, -0.2) is 4.98 Å². The van der Waals surface area contributed by atoms with Crippen LogP contribution in [0.4, 0.5) is 11.8 Å². The predicted molar refractivity (Wildman–Crippen MR) is 82.5 cm³/mol. The Morgan fingerprint density at radius 2 is 2.20 bits per heavy atom. The van der Waals surface area contributed by atoms with Gasteiger partial charge in [0, 0.05) is 19.5 Å². The molecule has 0 saturated carbocycles. The number of fused-ring (bicyclic) bond motifs is 1. The van der Waals surface area contributed by atoms with Gasteiger partial charge in [0.2, 0.25) is 5.95 Å². The number of anilines is 2. The highest BCUT2D eigenvalue weighted by Gasteiger charge is 2.08. The maximum atomic E-state index is 5.32. The molecule has 3 aromatic heterocycles. The van der Waals surface area contributed by atoms with E-state index in [2.05, 4.69) is 20.6 Å². The van der Waals surface area contributed by atoms with Gasteiger partial charge in [0.25, 0.3) is 0 Å². The summed E-state index contributed by atoms with van der Waals surface area (Å²) in [5, 5.41) is 9.63. The lowest BCUT2D eigenvalue weighted by Gasteiger charge is -2.08. The van der Waals surface area contributed by atoms with Crippen LogP contribution in [0.5, 0.6) is 0 Å². The van der Waals surface area contributed by atoms with Crippen LogP contribution in [-0.4, -0.2) is 23.1 Å². The Labute approximate surface area is 121 Å². The molecule has 0 aliphatic rings. The molecule has 0 unspecified atom stereocenters. The molecule has 3 rings (SSSR count). The maximum Gasteiger partial charge on any atom is 0.226 e. The molecule has 0 radical (unpaired) electrons. The summed E-state index contributed by atoms with van der Waals surface area (Å²) in [4.78, 5) is 10.0. The molecule has 3 aromatic rings. The summed E-state index contributed by atoms with van der Waals surface area (Å²) < 4.78 is 5.32. The molecule has 6 heteroatoms. The van der Waals surface area contributed by atoms with Crippen molar-refractivity contribution < 1.29 is 4.42 Å². The highest BCUT2D eigenvalue weighted by Crippen LogP contribution is 2.26. The van der Waals surface area contributed by atoms with E-state index in [1.807, 2.05) is 30.5 Å². The van der Waals surface area contributed by atoms with Crippen LogP contribution in [0.1, 0.15) is 12.7 Å². The third-order valence-electron chi connectivity index (χ3n) is 2.90. The third-order valence-corrected chi connectivity index (χ3v) is 3.71. The number of furan rings is 1. The molecule has 0 aromatic carbocycles. The summed E-state index contributed by atoms with van der Waals surface area (Å²) >= 11 is 1.62. The Kier molecular flexibility index (Phi) is 3.83. The summed E-state index contributed by atoms with van der Waals surface area (Å²) in [5.74, 6) is 2.52. The van der Waals surface area contributed by atoms with Crippen LogP contribution in [0.25, 0.3) is 10.2 Å². The van der Waals surface area contributed by atoms with E-state index >= 15 is 0 Å². The Hall–Kier alpha value is -2.08. The number of nitrogens with one attached hydrogen (secondary N) is 2. The van der Waals surface area contributed by atoms with Crippen molar-refractivity contribution in [3.63, 3.8) is 0 Å². The van der Waals surface area contributed by atoms with Gasteiger partial charge in [-0.15, -0.1) is 11.3 Å². The number of thiophene rings is 1. The fraction of sp³-hybridized carbons (Fsp3) is 0.286. The summed E-state index contributed by atoms with van der Waals surface area (Å²) in [7, 11) is 0. The standard InChI is InChI=1S/C14H16N4OS/c1-2-15-14-17-12(11-6-9-20-13(11)18-14)16-7-5-10-4-3-8-19-10/h3-4,6,8-9H,2,5,7H2,1H3,(H2,15,16,17,18). The monoisotopic (exact) mass is 288 g/mol. The van der Waals surface area contributed by atoms with E-state index in [0.717, 1.165) is 41.3 Å². The van der Waals surface area contributed by atoms with E-state index in [1.165, 1.54) is 0 Å². The van der Waals surface area contributed by atoms with Gasteiger partial charge < -0.3 is 15.1 Å². The highest BCUT2D eigenvalue weighted by molar-refractivity contribution is 7.16. The lowest BCUT2D eigenvalue weighted by Crippen LogP contribution is -2.09. The quantitative estimate of drug-likeness (QED) is 0.728. The number of aromatic nitrogens is 2. The first-order valence-electron chi connectivity index (χ1n) is 6.62. The molecular weight excluding hydrogens is 272 g/mol. The van der Waals surface area contributed by atoms with Gasteiger partial charge in [-0.2, -0.15) is 4.98 Å².